The number of fused-ring (bicyclic) bond motifs is 1. The summed E-state index contributed by atoms with van der Waals surface area (Å²) in [7, 11) is 1.89. The lowest BCUT2D eigenvalue weighted by Crippen LogP contribution is -2.39. The van der Waals surface area contributed by atoms with Gasteiger partial charge in [0, 0.05) is 30.9 Å². The Morgan fingerprint density at radius 3 is 3.00 bits per heavy atom. The molecule has 3 N–H and O–H groups in total. The zero-order valence-electron chi connectivity index (χ0n) is 9.49. The van der Waals surface area contributed by atoms with Crippen LogP contribution >= 0.6 is 0 Å². The molecule has 0 radical (unpaired) electrons. The number of carbonyl (C=O) groups excluding carboxylic acids is 1. The molecule has 4 nitrogen and oxygen atoms in total. The van der Waals surface area contributed by atoms with Crippen molar-refractivity contribution in [3.63, 3.8) is 0 Å². The summed E-state index contributed by atoms with van der Waals surface area (Å²) < 4.78 is 0. The molecule has 1 amide bonds. The minimum absolute atomic E-state index is 0.201. The number of benzene rings is 1. The van der Waals surface area contributed by atoms with E-state index >= 15 is 0 Å². The molecule has 1 aliphatic rings. The highest BCUT2D eigenvalue weighted by Gasteiger charge is 2.23. The van der Waals surface area contributed by atoms with E-state index in [1.165, 1.54) is 5.56 Å². The average Bonchev–Trinajstić information content (AvgIpc) is 2.28. The zero-order valence-corrected chi connectivity index (χ0v) is 9.49. The van der Waals surface area contributed by atoms with Gasteiger partial charge >= 0.3 is 0 Å². The highest BCUT2D eigenvalue weighted by Crippen LogP contribution is 2.29. The second kappa shape index (κ2) is 4.53. The predicted octanol–water partition coefficient (Wildman–Crippen LogP) is 0.767. The van der Waals surface area contributed by atoms with Crippen LogP contribution < -0.4 is 16.0 Å². The summed E-state index contributed by atoms with van der Waals surface area (Å²) in [5.41, 5.74) is 8.70. The Balaban J connectivity index is 2.29. The SMILES string of the molecule is CNCCN1C(=O)CCc2cc(N)ccc21. The summed E-state index contributed by atoms with van der Waals surface area (Å²) in [6, 6.07) is 5.76. The highest BCUT2D eigenvalue weighted by atomic mass is 16.2. The molecular weight excluding hydrogens is 202 g/mol. The third-order valence-electron chi connectivity index (χ3n) is 2.89. The van der Waals surface area contributed by atoms with Gasteiger partial charge in [-0.15, -0.1) is 0 Å². The van der Waals surface area contributed by atoms with Crippen molar-refractivity contribution < 1.29 is 4.79 Å². The molecule has 0 bridgehead atoms. The molecule has 1 heterocycles. The van der Waals surface area contributed by atoms with Crippen molar-refractivity contribution in [1.82, 2.24) is 5.32 Å². The first-order valence-corrected chi connectivity index (χ1v) is 5.55. The summed E-state index contributed by atoms with van der Waals surface area (Å²) in [6.07, 6.45) is 1.38. The van der Waals surface area contributed by atoms with Crippen LogP contribution in [-0.2, 0) is 11.2 Å². The summed E-state index contributed by atoms with van der Waals surface area (Å²) in [6.45, 7) is 1.52. The number of nitrogen functional groups attached to an aromatic ring is 1. The number of carbonyl (C=O) groups is 1. The molecule has 0 saturated heterocycles. The number of aryl methyl sites for hydroxylation is 1. The number of nitrogens with two attached hydrogens (primary N) is 1. The molecule has 16 heavy (non-hydrogen) atoms. The fourth-order valence-corrected chi connectivity index (χ4v) is 2.05. The lowest BCUT2D eigenvalue weighted by atomic mass is 10.0. The van der Waals surface area contributed by atoms with Gasteiger partial charge in [0.1, 0.15) is 0 Å². The maximum absolute atomic E-state index is 11.8. The highest BCUT2D eigenvalue weighted by molar-refractivity contribution is 5.96. The molecule has 1 aromatic carbocycles. The van der Waals surface area contributed by atoms with Gasteiger partial charge in [0.2, 0.25) is 5.91 Å². The van der Waals surface area contributed by atoms with Crippen molar-refractivity contribution in [2.45, 2.75) is 12.8 Å². The number of nitrogens with one attached hydrogen (secondary N) is 1. The Hall–Kier alpha value is -1.55. The standard InChI is InChI=1S/C12H17N3O/c1-14-6-7-15-11-4-3-10(13)8-9(11)2-5-12(15)16/h3-4,8,14H,2,5-7,13H2,1H3. The van der Waals surface area contributed by atoms with Crippen LogP contribution in [0, 0.1) is 0 Å². The van der Waals surface area contributed by atoms with Gasteiger partial charge in [-0.25, -0.2) is 0 Å². The van der Waals surface area contributed by atoms with Crippen molar-refractivity contribution in [1.29, 1.82) is 0 Å². The topological polar surface area (TPSA) is 58.4 Å². The molecule has 1 aliphatic heterocycles. The van der Waals surface area contributed by atoms with E-state index in [0.717, 1.165) is 24.3 Å². The van der Waals surface area contributed by atoms with Crippen LogP contribution in [-0.4, -0.2) is 26.0 Å². The van der Waals surface area contributed by atoms with Crippen LogP contribution in [0.25, 0.3) is 0 Å². The van der Waals surface area contributed by atoms with Crippen LogP contribution in [0.4, 0.5) is 11.4 Å². The number of hydrogen-bond acceptors (Lipinski definition) is 3. The third-order valence-corrected chi connectivity index (χ3v) is 2.89. The predicted molar refractivity (Wildman–Crippen MR) is 65.5 cm³/mol. The Bertz CT molecular complexity index is 403. The molecule has 4 heteroatoms. The van der Waals surface area contributed by atoms with E-state index < -0.39 is 0 Å². The number of anilines is 2. The van der Waals surface area contributed by atoms with Gasteiger partial charge in [0.05, 0.1) is 0 Å². The number of likely N-dealkylation sites (N-methyl/N-ethyl adjacent to an activating group) is 1. The lowest BCUT2D eigenvalue weighted by molar-refractivity contribution is -0.118. The minimum atomic E-state index is 0.201. The van der Waals surface area contributed by atoms with E-state index in [4.69, 9.17) is 5.73 Å². The second-order valence-electron chi connectivity index (χ2n) is 4.04. The van der Waals surface area contributed by atoms with E-state index in [-0.39, 0.29) is 5.91 Å². The number of hydrogen-bond donors (Lipinski definition) is 2. The molecule has 1 aromatic rings. The van der Waals surface area contributed by atoms with Crippen molar-refractivity contribution >= 4 is 17.3 Å². The van der Waals surface area contributed by atoms with Gasteiger partial charge in [-0.1, -0.05) is 0 Å². The molecule has 0 spiro atoms. The number of amides is 1. The van der Waals surface area contributed by atoms with Crippen LogP contribution in [0.2, 0.25) is 0 Å². The third kappa shape index (κ3) is 2.02. The molecule has 0 saturated carbocycles. The monoisotopic (exact) mass is 219 g/mol. The zero-order chi connectivity index (χ0) is 11.5. The smallest absolute Gasteiger partial charge is 0.227 e. The summed E-state index contributed by atoms with van der Waals surface area (Å²) in [4.78, 5) is 13.7. The molecule has 0 aliphatic carbocycles. The molecule has 0 atom stereocenters. The van der Waals surface area contributed by atoms with E-state index in [1.54, 1.807) is 0 Å². The fourth-order valence-electron chi connectivity index (χ4n) is 2.05. The van der Waals surface area contributed by atoms with Crippen molar-refractivity contribution in [3.8, 4) is 0 Å². The van der Waals surface area contributed by atoms with Gasteiger partial charge in [0.25, 0.3) is 0 Å². The second-order valence-corrected chi connectivity index (χ2v) is 4.04. The maximum Gasteiger partial charge on any atom is 0.227 e. The Morgan fingerprint density at radius 1 is 1.44 bits per heavy atom. The first-order chi connectivity index (χ1) is 7.72. The van der Waals surface area contributed by atoms with Crippen molar-refractivity contribution in [3.05, 3.63) is 23.8 Å². The molecular formula is C12H17N3O. The van der Waals surface area contributed by atoms with Gasteiger partial charge < -0.3 is 16.0 Å². The van der Waals surface area contributed by atoms with E-state index in [0.29, 0.717) is 13.0 Å². The van der Waals surface area contributed by atoms with Crippen molar-refractivity contribution in [2.75, 3.05) is 30.8 Å². The van der Waals surface area contributed by atoms with Crippen LogP contribution in [0.15, 0.2) is 18.2 Å². The molecule has 0 unspecified atom stereocenters. The summed E-state index contributed by atoms with van der Waals surface area (Å²) >= 11 is 0. The van der Waals surface area contributed by atoms with Gasteiger partial charge in [-0.3, -0.25) is 4.79 Å². The molecule has 2 rings (SSSR count). The quantitative estimate of drug-likeness (QED) is 0.738. The normalized spacial score (nSPS) is 15.1. The van der Waals surface area contributed by atoms with E-state index in [9.17, 15) is 4.79 Å². The number of rotatable bonds is 3. The Morgan fingerprint density at radius 2 is 2.25 bits per heavy atom. The molecule has 0 aromatic heterocycles. The average molecular weight is 219 g/mol. The fraction of sp³-hybridized carbons (Fsp3) is 0.417. The van der Waals surface area contributed by atoms with Gasteiger partial charge in [-0.2, -0.15) is 0 Å². The molecule has 86 valence electrons. The summed E-state index contributed by atoms with van der Waals surface area (Å²) in [5, 5.41) is 3.06. The van der Waals surface area contributed by atoms with Crippen LogP contribution in [0.3, 0.4) is 0 Å². The molecule has 0 fully saturated rings. The van der Waals surface area contributed by atoms with Crippen molar-refractivity contribution in [2.24, 2.45) is 0 Å². The van der Waals surface area contributed by atoms with Gasteiger partial charge in [0.15, 0.2) is 0 Å². The van der Waals surface area contributed by atoms with Crippen LogP contribution in [0.1, 0.15) is 12.0 Å². The minimum Gasteiger partial charge on any atom is -0.399 e. The first-order valence-electron chi connectivity index (χ1n) is 5.55. The Labute approximate surface area is 95.4 Å². The van der Waals surface area contributed by atoms with Gasteiger partial charge in [-0.05, 0) is 37.2 Å². The Kier molecular flexibility index (Phi) is 3.10. The maximum atomic E-state index is 11.8. The van der Waals surface area contributed by atoms with E-state index in [2.05, 4.69) is 5.32 Å². The number of nitrogens with zero attached hydrogens (tertiary/aromatic N) is 1. The lowest BCUT2D eigenvalue weighted by Gasteiger charge is -2.29. The first kappa shape index (κ1) is 11.0. The largest absolute Gasteiger partial charge is 0.399 e. The summed E-state index contributed by atoms with van der Waals surface area (Å²) in [5.74, 6) is 0.201. The van der Waals surface area contributed by atoms with Crippen LogP contribution in [0.5, 0.6) is 0 Å². The van der Waals surface area contributed by atoms with E-state index in [1.807, 2.05) is 30.1 Å².